The van der Waals surface area contributed by atoms with Crippen molar-refractivity contribution in [2.45, 2.75) is 72.3 Å². The van der Waals surface area contributed by atoms with Crippen molar-refractivity contribution in [1.29, 1.82) is 0 Å². The van der Waals surface area contributed by atoms with E-state index in [-0.39, 0.29) is 5.91 Å². The van der Waals surface area contributed by atoms with Crippen LogP contribution in [0.15, 0.2) is 0 Å². The Hall–Kier alpha value is -1.39. The second-order valence-corrected chi connectivity index (χ2v) is 7.41. The molecule has 1 aliphatic rings. The molecule has 1 aliphatic carbocycles. The van der Waals surface area contributed by atoms with Crippen molar-refractivity contribution >= 4 is 17.6 Å². The fourth-order valence-electron chi connectivity index (χ4n) is 2.60. The molecule has 0 saturated heterocycles. The Morgan fingerprint density at radius 1 is 1.14 bits per heavy atom. The molecule has 0 atom stereocenters. The van der Waals surface area contributed by atoms with Crippen LogP contribution in [0.25, 0.3) is 0 Å². The number of rotatable bonds is 7. The maximum Gasteiger partial charge on any atom is 0.288 e. The molecule has 0 aliphatic heterocycles. The number of nitrogens with one attached hydrogen (secondary N) is 2. The van der Waals surface area contributed by atoms with Gasteiger partial charge in [0.15, 0.2) is 0 Å². The van der Waals surface area contributed by atoms with Gasteiger partial charge in [0.25, 0.3) is 5.91 Å². The zero-order valence-corrected chi connectivity index (χ0v) is 14.5. The van der Waals surface area contributed by atoms with Crippen molar-refractivity contribution in [3.8, 4) is 0 Å². The van der Waals surface area contributed by atoms with E-state index in [2.05, 4.69) is 10.6 Å². The summed E-state index contributed by atoms with van der Waals surface area (Å²) in [6.07, 6.45) is 3.57. The SMILES string of the molecule is CCC(C)(C)C(=O)C(=O)NC1(C(=O)NCC(C)C)CCCC1. The minimum Gasteiger partial charge on any atom is -0.354 e. The molecule has 0 spiro atoms. The number of amides is 2. The Balaban J connectivity index is 2.81. The maximum atomic E-state index is 12.5. The highest BCUT2D eigenvalue weighted by Crippen LogP contribution is 2.31. The molecule has 0 aromatic carbocycles. The van der Waals surface area contributed by atoms with Gasteiger partial charge in [0, 0.05) is 12.0 Å². The molecule has 0 radical (unpaired) electrons. The van der Waals surface area contributed by atoms with Crippen molar-refractivity contribution in [2.24, 2.45) is 11.3 Å². The van der Waals surface area contributed by atoms with Gasteiger partial charge in [-0.2, -0.15) is 0 Å². The first kappa shape index (κ1) is 18.7. The van der Waals surface area contributed by atoms with E-state index < -0.39 is 22.6 Å². The van der Waals surface area contributed by atoms with E-state index in [1.54, 1.807) is 13.8 Å². The first-order valence-corrected chi connectivity index (χ1v) is 8.30. The molecule has 5 nitrogen and oxygen atoms in total. The molecule has 22 heavy (non-hydrogen) atoms. The van der Waals surface area contributed by atoms with Crippen molar-refractivity contribution in [2.75, 3.05) is 6.54 Å². The molecule has 1 saturated carbocycles. The van der Waals surface area contributed by atoms with Crippen LogP contribution in [-0.4, -0.2) is 29.7 Å². The lowest BCUT2D eigenvalue weighted by Crippen LogP contribution is -2.59. The van der Waals surface area contributed by atoms with E-state index in [0.29, 0.717) is 31.7 Å². The topological polar surface area (TPSA) is 75.3 Å². The summed E-state index contributed by atoms with van der Waals surface area (Å²) >= 11 is 0. The lowest BCUT2D eigenvalue weighted by molar-refractivity contribution is -0.145. The van der Waals surface area contributed by atoms with Crippen LogP contribution >= 0.6 is 0 Å². The second-order valence-electron chi connectivity index (χ2n) is 7.41. The van der Waals surface area contributed by atoms with Gasteiger partial charge in [-0.3, -0.25) is 14.4 Å². The number of ketones is 1. The molecule has 0 unspecified atom stereocenters. The van der Waals surface area contributed by atoms with Crippen molar-refractivity contribution in [3.05, 3.63) is 0 Å². The van der Waals surface area contributed by atoms with Crippen LogP contribution in [0.2, 0.25) is 0 Å². The summed E-state index contributed by atoms with van der Waals surface area (Å²) in [7, 11) is 0. The standard InChI is InChI=1S/C17H30N2O3/c1-6-16(4,5)13(20)14(21)19-17(9-7-8-10-17)15(22)18-11-12(2)3/h12H,6-11H2,1-5H3,(H,18,22)(H,19,21). The van der Waals surface area contributed by atoms with E-state index in [9.17, 15) is 14.4 Å². The average Bonchev–Trinajstić information content (AvgIpc) is 2.93. The molecule has 126 valence electrons. The van der Waals surface area contributed by atoms with Crippen molar-refractivity contribution < 1.29 is 14.4 Å². The number of hydrogen-bond donors (Lipinski definition) is 2. The summed E-state index contributed by atoms with van der Waals surface area (Å²) in [6, 6.07) is 0. The van der Waals surface area contributed by atoms with Crippen LogP contribution in [0.4, 0.5) is 0 Å². The van der Waals surface area contributed by atoms with Crippen LogP contribution in [0.3, 0.4) is 0 Å². The highest BCUT2D eigenvalue weighted by Gasteiger charge is 2.44. The molecule has 5 heteroatoms. The molecule has 0 heterocycles. The summed E-state index contributed by atoms with van der Waals surface area (Å²) in [6.45, 7) is 10.0. The van der Waals surface area contributed by atoms with Crippen LogP contribution in [-0.2, 0) is 14.4 Å². The normalized spacial score (nSPS) is 17.4. The summed E-state index contributed by atoms with van der Waals surface area (Å²) < 4.78 is 0. The van der Waals surface area contributed by atoms with Crippen molar-refractivity contribution in [3.63, 3.8) is 0 Å². The Morgan fingerprint density at radius 2 is 1.68 bits per heavy atom. The highest BCUT2D eigenvalue weighted by molar-refractivity contribution is 6.38. The first-order valence-electron chi connectivity index (χ1n) is 8.30. The molecule has 0 aromatic heterocycles. The lowest BCUT2D eigenvalue weighted by atomic mass is 9.84. The van der Waals surface area contributed by atoms with Gasteiger partial charge in [0.1, 0.15) is 5.54 Å². The lowest BCUT2D eigenvalue weighted by Gasteiger charge is -2.30. The Morgan fingerprint density at radius 3 is 2.14 bits per heavy atom. The number of hydrogen-bond acceptors (Lipinski definition) is 3. The van der Waals surface area contributed by atoms with Gasteiger partial charge in [-0.1, -0.05) is 47.5 Å². The zero-order valence-electron chi connectivity index (χ0n) is 14.5. The van der Waals surface area contributed by atoms with Gasteiger partial charge in [-0.05, 0) is 25.2 Å². The largest absolute Gasteiger partial charge is 0.354 e. The predicted octanol–water partition coefficient (Wildman–Crippen LogP) is 2.19. The molecular weight excluding hydrogens is 280 g/mol. The third kappa shape index (κ3) is 4.31. The average molecular weight is 310 g/mol. The fraction of sp³-hybridized carbons (Fsp3) is 0.824. The number of carbonyl (C=O) groups excluding carboxylic acids is 3. The predicted molar refractivity (Wildman–Crippen MR) is 86.3 cm³/mol. The Kier molecular flexibility index (Phi) is 6.15. The van der Waals surface area contributed by atoms with Gasteiger partial charge in [0.2, 0.25) is 11.7 Å². The van der Waals surface area contributed by atoms with E-state index in [1.807, 2.05) is 20.8 Å². The van der Waals surface area contributed by atoms with Gasteiger partial charge in [-0.15, -0.1) is 0 Å². The molecule has 0 bridgehead atoms. The van der Waals surface area contributed by atoms with Gasteiger partial charge in [0.05, 0.1) is 0 Å². The van der Waals surface area contributed by atoms with E-state index in [1.165, 1.54) is 0 Å². The maximum absolute atomic E-state index is 12.5. The second kappa shape index (κ2) is 7.25. The first-order chi connectivity index (χ1) is 10.1. The summed E-state index contributed by atoms with van der Waals surface area (Å²) in [4.78, 5) is 37.1. The molecule has 0 aromatic rings. The Labute approximate surface area is 133 Å². The minimum absolute atomic E-state index is 0.158. The molecule has 1 rings (SSSR count). The third-order valence-electron chi connectivity index (χ3n) is 4.62. The number of carbonyl (C=O) groups is 3. The summed E-state index contributed by atoms with van der Waals surface area (Å²) in [5.41, 5.74) is -1.61. The molecule has 2 amide bonds. The van der Waals surface area contributed by atoms with Crippen LogP contribution in [0.1, 0.15) is 66.7 Å². The van der Waals surface area contributed by atoms with Gasteiger partial charge < -0.3 is 10.6 Å². The Bertz CT molecular complexity index is 435. The number of Topliss-reactive ketones (excluding diaryl/α,β-unsaturated/α-hetero) is 1. The zero-order chi connectivity index (χ0) is 17.0. The smallest absolute Gasteiger partial charge is 0.288 e. The van der Waals surface area contributed by atoms with E-state index in [0.717, 1.165) is 12.8 Å². The quantitative estimate of drug-likeness (QED) is 0.708. The molecule has 1 fully saturated rings. The van der Waals surface area contributed by atoms with Gasteiger partial charge >= 0.3 is 0 Å². The van der Waals surface area contributed by atoms with E-state index >= 15 is 0 Å². The molecular formula is C17H30N2O3. The fourth-order valence-corrected chi connectivity index (χ4v) is 2.60. The summed E-state index contributed by atoms with van der Waals surface area (Å²) in [5.74, 6) is -0.890. The summed E-state index contributed by atoms with van der Waals surface area (Å²) in [5, 5.41) is 5.65. The highest BCUT2D eigenvalue weighted by atomic mass is 16.2. The molecule has 2 N–H and O–H groups in total. The third-order valence-corrected chi connectivity index (χ3v) is 4.62. The van der Waals surface area contributed by atoms with Crippen molar-refractivity contribution in [1.82, 2.24) is 10.6 Å². The van der Waals surface area contributed by atoms with Gasteiger partial charge in [-0.25, -0.2) is 0 Å². The monoisotopic (exact) mass is 310 g/mol. The van der Waals surface area contributed by atoms with Crippen LogP contribution < -0.4 is 10.6 Å². The minimum atomic E-state index is -0.911. The van der Waals surface area contributed by atoms with Crippen LogP contribution in [0, 0.1) is 11.3 Å². The van der Waals surface area contributed by atoms with Crippen LogP contribution in [0.5, 0.6) is 0 Å². The van der Waals surface area contributed by atoms with E-state index in [4.69, 9.17) is 0 Å².